The molecule has 0 radical (unpaired) electrons. The minimum absolute atomic E-state index is 0.0240. The van der Waals surface area contributed by atoms with Crippen LogP contribution in [0.3, 0.4) is 0 Å². The Hall–Kier alpha value is -1.29. The van der Waals surface area contributed by atoms with Crippen LogP contribution in [-0.4, -0.2) is 34.9 Å². The summed E-state index contributed by atoms with van der Waals surface area (Å²) in [7, 11) is 0. The zero-order chi connectivity index (χ0) is 13.8. The highest BCUT2D eigenvalue weighted by atomic mass is 35.5. The summed E-state index contributed by atoms with van der Waals surface area (Å²) in [6, 6.07) is 2.15. The Labute approximate surface area is 119 Å². The van der Waals surface area contributed by atoms with Gasteiger partial charge in [-0.2, -0.15) is 0 Å². The second-order valence-electron chi connectivity index (χ2n) is 4.81. The average Bonchev–Trinajstić information content (AvgIpc) is 3.22. The Bertz CT molecular complexity index is 460. The van der Waals surface area contributed by atoms with Gasteiger partial charge in [0.15, 0.2) is 0 Å². The van der Waals surface area contributed by atoms with Crippen LogP contribution in [-0.2, 0) is 0 Å². The molecule has 0 unspecified atom stereocenters. The lowest BCUT2D eigenvalue weighted by Crippen LogP contribution is -2.34. The van der Waals surface area contributed by atoms with Crippen molar-refractivity contribution in [1.82, 2.24) is 9.88 Å². The maximum atomic E-state index is 12.6. The van der Waals surface area contributed by atoms with E-state index in [1.807, 2.05) is 11.8 Å². The molecular formula is C14H20ClN3O. The molecule has 2 rings (SSSR count). The number of amides is 1. The van der Waals surface area contributed by atoms with E-state index in [1.165, 1.54) is 0 Å². The van der Waals surface area contributed by atoms with Crippen molar-refractivity contribution in [3.8, 4) is 0 Å². The van der Waals surface area contributed by atoms with E-state index >= 15 is 0 Å². The summed E-state index contributed by atoms with van der Waals surface area (Å²) in [5.74, 6) is 0.721. The monoisotopic (exact) mass is 281 g/mol. The fourth-order valence-corrected chi connectivity index (χ4v) is 2.30. The van der Waals surface area contributed by atoms with Gasteiger partial charge in [0.1, 0.15) is 5.82 Å². The van der Waals surface area contributed by atoms with Gasteiger partial charge in [-0.25, -0.2) is 4.98 Å². The second kappa shape index (κ2) is 6.24. The number of carbonyl (C=O) groups excluding carboxylic acids is 1. The van der Waals surface area contributed by atoms with E-state index in [1.54, 1.807) is 12.3 Å². The molecule has 4 nitrogen and oxygen atoms in total. The summed E-state index contributed by atoms with van der Waals surface area (Å²) in [5, 5.41) is 3.53. The van der Waals surface area contributed by atoms with Crippen LogP contribution < -0.4 is 5.32 Å². The summed E-state index contributed by atoms with van der Waals surface area (Å²) >= 11 is 6.12. The Morgan fingerprint density at radius 2 is 2.26 bits per heavy atom. The molecule has 5 heteroatoms. The van der Waals surface area contributed by atoms with Gasteiger partial charge in [0.05, 0.1) is 10.6 Å². The third-order valence-electron chi connectivity index (χ3n) is 3.16. The van der Waals surface area contributed by atoms with Crippen LogP contribution in [0.25, 0.3) is 0 Å². The van der Waals surface area contributed by atoms with E-state index in [-0.39, 0.29) is 5.91 Å². The van der Waals surface area contributed by atoms with Gasteiger partial charge in [-0.3, -0.25) is 4.79 Å². The van der Waals surface area contributed by atoms with Crippen LogP contribution >= 0.6 is 11.6 Å². The molecule has 1 aromatic heterocycles. The average molecular weight is 282 g/mol. The van der Waals surface area contributed by atoms with Gasteiger partial charge in [-0.15, -0.1) is 0 Å². The number of nitrogens with zero attached hydrogens (tertiary/aromatic N) is 2. The van der Waals surface area contributed by atoms with Crippen LogP contribution in [0.2, 0.25) is 5.02 Å². The van der Waals surface area contributed by atoms with Crippen LogP contribution in [0, 0.1) is 0 Å². The van der Waals surface area contributed by atoms with Gasteiger partial charge >= 0.3 is 0 Å². The first-order valence-electron chi connectivity index (χ1n) is 6.87. The van der Waals surface area contributed by atoms with Gasteiger partial charge in [0.2, 0.25) is 0 Å². The number of pyridine rings is 1. The number of aromatic nitrogens is 1. The maximum Gasteiger partial charge on any atom is 0.255 e. The summed E-state index contributed by atoms with van der Waals surface area (Å²) in [5.41, 5.74) is 0.549. The first-order valence-corrected chi connectivity index (χ1v) is 7.25. The van der Waals surface area contributed by atoms with Crippen molar-refractivity contribution in [1.29, 1.82) is 0 Å². The lowest BCUT2D eigenvalue weighted by molar-refractivity contribution is 0.0743. The van der Waals surface area contributed by atoms with E-state index < -0.39 is 0 Å². The minimum Gasteiger partial charge on any atom is -0.370 e. The van der Waals surface area contributed by atoms with Crippen LogP contribution in [0.5, 0.6) is 0 Å². The van der Waals surface area contributed by atoms with Crippen molar-refractivity contribution in [3.63, 3.8) is 0 Å². The quantitative estimate of drug-likeness (QED) is 0.871. The zero-order valence-electron chi connectivity index (χ0n) is 11.4. The lowest BCUT2D eigenvalue weighted by Gasteiger charge is -2.22. The van der Waals surface area contributed by atoms with Crippen molar-refractivity contribution in [2.75, 3.05) is 18.4 Å². The number of halogens is 1. The fraction of sp³-hybridized carbons (Fsp3) is 0.571. The summed E-state index contributed by atoms with van der Waals surface area (Å²) in [6.07, 6.45) is 4.72. The molecule has 1 heterocycles. The molecule has 0 atom stereocenters. The Balaban J connectivity index is 2.22. The Morgan fingerprint density at radius 3 is 2.84 bits per heavy atom. The smallest absolute Gasteiger partial charge is 0.255 e. The van der Waals surface area contributed by atoms with Crippen molar-refractivity contribution in [3.05, 3.63) is 22.8 Å². The third-order valence-corrected chi connectivity index (χ3v) is 3.46. The lowest BCUT2D eigenvalue weighted by atomic mass is 10.2. The molecule has 104 valence electrons. The molecule has 19 heavy (non-hydrogen) atoms. The Morgan fingerprint density at radius 1 is 1.53 bits per heavy atom. The second-order valence-corrected chi connectivity index (χ2v) is 5.22. The van der Waals surface area contributed by atoms with E-state index in [0.717, 1.165) is 32.4 Å². The van der Waals surface area contributed by atoms with Crippen LogP contribution in [0.1, 0.15) is 43.5 Å². The summed E-state index contributed by atoms with van der Waals surface area (Å²) < 4.78 is 0. The van der Waals surface area contributed by atoms with E-state index in [9.17, 15) is 4.79 Å². The molecule has 0 aromatic carbocycles. The predicted molar refractivity (Wildman–Crippen MR) is 77.8 cm³/mol. The number of rotatable bonds is 6. The van der Waals surface area contributed by atoms with Crippen molar-refractivity contribution >= 4 is 23.3 Å². The van der Waals surface area contributed by atoms with Gasteiger partial charge in [0, 0.05) is 25.3 Å². The topological polar surface area (TPSA) is 45.2 Å². The zero-order valence-corrected chi connectivity index (χ0v) is 12.2. The largest absolute Gasteiger partial charge is 0.370 e. The number of carbonyl (C=O) groups is 1. The normalized spacial score (nSPS) is 14.3. The molecule has 0 saturated heterocycles. The van der Waals surface area contributed by atoms with E-state index in [0.29, 0.717) is 22.4 Å². The minimum atomic E-state index is 0.0240. The molecular weight excluding hydrogens is 262 g/mol. The predicted octanol–water partition coefficient (Wildman–Crippen LogP) is 3.18. The molecule has 0 aliphatic heterocycles. The SMILES string of the molecule is CCCN(C(=O)c1cc(NCC)ncc1Cl)C1CC1. The molecule has 1 N–H and O–H groups in total. The first kappa shape index (κ1) is 14.1. The molecule has 0 spiro atoms. The van der Waals surface area contributed by atoms with Gasteiger partial charge in [0.25, 0.3) is 5.91 Å². The van der Waals surface area contributed by atoms with E-state index in [4.69, 9.17) is 11.6 Å². The molecule has 1 fully saturated rings. The summed E-state index contributed by atoms with van der Waals surface area (Å²) in [6.45, 7) is 5.63. The Kier molecular flexibility index (Phi) is 4.64. The van der Waals surface area contributed by atoms with Gasteiger partial charge in [-0.05, 0) is 32.3 Å². The highest BCUT2D eigenvalue weighted by Crippen LogP contribution is 2.30. The highest BCUT2D eigenvalue weighted by molar-refractivity contribution is 6.33. The number of nitrogens with one attached hydrogen (secondary N) is 1. The molecule has 1 aliphatic rings. The number of hydrogen-bond acceptors (Lipinski definition) is 3. The fourth-order valence-electron chi connectivity index (χ4n) is 2.11. The number of anilines is 1. The van der Waals surface area contributed by atoms with Crippen LogP contribution in [0.4, 0.5) is 5.82 Å². The summed E-state index contributed by atoms with van der Waals surface area (Å²) in [4.78, 5) is 18.7. The van der Waals surface area contributed by atoms with Gasteiger partial charge < -0.3 is 10.2 Å². The molecule has 1 amide bonds. The number of hydrogen-bond donors (Lipinski definition) is 1. The molecule has 1 aliphatic carbocycles. The van der Waals surface area contributed by atoms with Crippen molar-refractivity contribution in [2.24, 2.45) is 0 Å². The third kappa shape index (κ3) is 3.38. The molecule has 1 aromatic rings. The molecule has 1 saturated carbocycles. The first-order chi connectivity index (χ1) is 9.17. The van der Waals surface area contributed by atoms with Crippen molar-refractivity contribution in [2.45, 2.75) is 39.2 Å². The maximum absolute atomic E-state index is 12.6. The van der Waals surface area contributed by atoms with Gasteiger partial charge in [-0.1, -0.05) is 18.5 Å². The van der Waals surface area contributed by atoms with Crippen LogP contribution in [0.15, 0.2) is 12.3 Å². The molecule has 0 bridgehead atoms. The van der Waals surface area contributed by atoms with E-state index in [2.05, 4.69) is 17.2 Å². The standard InChI is InChI=1S/C14H20ClN3O/c1-3-7-18(10-5-6-10)14(19)11-8-13(16-4-2)17-9-12(11)15/h8-10H,3-7H2,1-2H3,(H,16,17). The highest BCUT2D eigenvalue weighted by Gasteiger charge is 2.33. The van der Waals surface area contributed by atoms with Crippen molar-refractivity contribution < 1.29 is 4.79 Å².